The average Bonchev–Trinajstić information content (AvgIpc) is 2.26. The summed E-state index contributed by atoms with van der Waals surface area (Å²) in [5, 5.41) is 0. The van der Waals surface area contributed by atoms with Crippen LogP contribution in [0.15, 0.2) is 9.98 Å². The van der Waals surface area contributed by atoms with Gasteiger partial charge in [0, 0.05) is 13.1 Å². The molecule has 0 aliphatic rings. The lowest BCUT2D eigenvalue weighted by molar-refractivity contribution is 0.284. The van der Waals surface area contributed by atoms with Crippen LogP contribution in [0.3, 0.4) is 0 Å². The van der Waals surface area contributed by atoms with Crippen LogP contribution in [-0.4, -0.2) is 49.5 Å². The van der Waals surface area contributed by atoms with Crippen molar-refractivity contribution in [2.45, 2.75) is 19.8 Å². The van der Waals surface area contributed by atoms with Gasteiger partial charge in [-0.1, -0.05) is 6.92 Å². The van der Waals surface area contributed by atoms with E-state index in [1.165, 1.54) is 0 Å². The summed E-state index contributed by atoms with van der Waals surface area (Å²) >= 11 is 0. The zero-order valence-corrected chi connectivity index (χ0v) is 10.6. The van der Waals surface area contributed by atoms with E-state index in [2.05, 4.69) is 21.8 Å². The highest BCUT2D eigenvalue weighted by Gasteiger charge is 2.00. The maximum Gasteiger partial charge on any atom is 0.185 e. The van der Waals surface area contributed by atoms with Crippen molar-refractivity contribution in [1.29, 1.82) is 0 Å². The SMILES string of the molecule is CCN(CCCN=C(N)N)CCCN=C(N)N. The van der Waals surface area contributed by atoms with Crippen molar-refractivity contribution in [3.8, 4) is 0 Å². The Bertz CT molecular complexity index is 217. The summed E-state index contributed by atoms with van der Waals surface area (Å²) in [6.07, 6.45) is 1.90. The summed E-state index contributed by atoms with van der Waals surface area (Å²) in [5.74, 6) is 0.307. The Morgan fingerprint density at radius 2 is 1.29 bits per heavy atom. The quantitative estimate of drug-likeness (QED) is 0.225. The van der Waals surface area contributed by atoms with Crippen LogP contribution in [0.5, 0.6) is 0 Å². The van der Waals surface area contributed by atoms with Crippen LogP contribution in [0, 0.1) is 0 Å². The second-order valence-electron chi connectivity index (χ2n) is 3.75. The Morgan fingerprint density at radius 1 is 0.882 bits per heavy atom. The molecule has 0 rings (SSSR count). The molecule has 8 N–H and O–H groups in total. The summed E-state index contributed by atoms with van der Waals surface area (Å²) < 4.78 is 0. The van der Waals surface area contributed by atoms with Crippen LogP contribution in [0.1, 0.15) is 19.8 Å². The minimum absolute atomic E-state index is 0.154. The number of hydrogen-bond donors (Lipinski definition) is 4. The maximum atomic E-state index is 5.24. The molecule has 0 fully saturated rings. The van der Waals surface area contributed by atoms with Gasteiger partial charge in [0.15, 0.2) is 11.9 Å². The number of nitrogens with two attached hydrogens (primary N) is 4. The van der Waals surface area contributed by atoms with Gasteiger partial charge < -0.3 is 27.8 Å². The first kappa shape index (κ1) is 15.5. The molecule has 0 aromatic rings. The molecule has 0 heterocycles. The fourth-order valence-corrected chi connectivity index (χ4v) is 1.43. The third kappa shape index (κ3) is 10.8. The van der Waals surface area contributed by atoms with Gasteiger partial charge in [-0.15, -0.1) is 0 Å². The monoisotopic (exact) mass is 243 g/mol. The molecular formula is C10H25N7. The van der Waals surface area contributed by atoms with Crippen LogP contribution in [0.25, 0.3) is 0 Å². The van der Waals surface area contributed by atoms with Crippen LogP contribution in [0.2, 0.25) is 0 Å². The predicted octanol–water partition coefficient (Wildman–Crippen LogP) is -1.36. The zero-order valence-electron chi connectivity index (χ0n) is 10.6. The first-order valence-corrected chi connectivity index (χ1v) is 5.89. The van der Waals surface area contributed by atoms with Crippen LogP contribution < -0.4 is 22.9 Å². The lowest BCUT2D eigenvalue weighted by Crippen LogP contribution is -2.28. The summed E-state index contributed by atoms with van der Waals surface area (Å²) in [6.45, 7) is 6.44. The van der Waals surface area contributed by atoms with E-state index in [0.29, 0.717) is 13.1 Å². The Balaban J connectivity index is 3.62. The summed E-state index contributed by atoms with van der Waals surface area (Å²) in [4.78, 5) is 10.2. The van der Waals surface area contributed by atoms with Crippen molar-refractivity contribution in [2.24, 2.45) is 32.9 Å². The number of rotatable bonds is 9. The van der Waals surface area contributed by atoms with Crippen molar-refractivity contribution in [1.82, 2.24) is 4.90 Å². The highest BCUT2D eigenvalue weighted by atomic mass is 15.1. The first-order valence-electron chi connectivity index (χ1n) is 5.89. The Labute approximate surface area is 103 Å². The molecule has 0 aliphatic heterocycles. The fourth-order valence-electron chi connectivity index (χ4n) is 1.43. The topological polar surface area (TPSA) is 132 Å². The molecule has 0 atom stereocenters. The van der Waals surface area contributed by atoms with Crippen molar-refractivity contribution in [2.75, 3.05) is 32.7 Å². The number of nitrogens with zero attached hydrogens (tertiary/aromatic N) is 3. The van der Waals surface area contributed by atoms with Gasteiger partial charge in [-0.3, -0.25) is 9.98 Å². The minimum atomic E-state index is 0.154. The van der Waals surface area contributed by atoms with E-state index < -0.39 is 0 Å². The lowest BCUT2D eigenvalue weighted by atomic mass is 10.3. The molecule has 7 heteroatoms. The number of hydrogen-bond acceptors (Lipinski definition) is 3. The third-order valence-electron chi connectivity index (χ3n) is 2.30. The number of guanidine groups is 2. The molecule has 7 nitrogen and oxygen atoms in total. The molecule has 17 heavy (non-hydrogen) atoms. The van der Waals surface area contributed by atoms with E-state index in [-0.39, 0.29) is 11.9 Å². The second-order valence-corrected chi connectivity index (χ2v) is 3.75. The van der Waals surface area contributed by atoms with Crippen LogP contribution in [-0.2, 0) is 0 Å². The van der Waals surface area contributed by atoms with Gasteiger partial charge >= 0.3 is 0 Å². The van der Waals surface area contributed by atoms with E-state index in [9.17, 15) is 0 Å². The van der Waals surface area contributed by atoms with Gasteiger partial charge in [-0.2, -0.15) is 0 Å². The van der Waals surface area contributed by atoms with Gasteiger partial charge in [-0.05, 0) is 32.5 Å². The molecule has 0 amide bonds. The Morgan fingerprint density at radius 3 is 1.59 bits per heavy atom. The lowest BCUT2D eigenvalue weighted by Gasteiger charge is -2.19. The molecule has 0 unspecified atom stereocenters. The van der Waals surface area contributed by atoms with Crippen LogP contribution >= 0.6 is 0 Å². The van der Waals surface area contributed by atoms with Crippen LogP contribution in [0.4, 0.5) is 0 Å². The molecule has 0 aromatic heterocycles. The predicted molar refractivity (Wildman–Crippen MR) is 72.7 cm³/mol. The van der Waals surface area contributed by atoms with Crippen molar-refractivity contribution in [3.05, 3.63) is 0 Å². The molecule has 0 bridgehead atoms. The summed E-state index contributed by atoms with van der Waals surface area (Å²) in [7, 11) is 0. The standard InChI is InChI=1S/C10H25N7/c1-2-17(7-3-5-15-9(11)12)8-4-6-16-10(13)14/h2-8H2,1H3,(H4,11,12,15)(H4,13,14,16). The second kappa shape index (κ2) is 9.71. The largest absolute Gasteiger partial charge is 0.370 e. The molecule has 0 aliphatic carbocycles. The van der Waals surface area contributed by atoms with Gasteiger partial charge in [0.2, 0.25) is 0 Å². The highest BCUT2D eigenvalue weighted by molar-refractivity contribution is 5.75. The van der Waals surface area contributed by atoms with Gasteiger partial charge in [0.05, 0.1) is 0 Å². The smallest absolute Gasteiger partial charge is 0.185 e. The summed E-state index contributed by atoms with van der Waals surface area (Å²) in [5.41, 5.74) is 21.0. The fraction of sp³-hybridized carbons (Fsp3) is 0.800. The molecule has 0 spiro atoms. The first-order chi connectivity index (χ1) is 8.06. The van der Waals surface area contributed by atoms with Gasteiger partial charge in [0.25, 0.3) is 0 Å². The molecule has 0 saturated heterocycles. The van der Waals surface area contributed by atoms with E-state index in [1.807, 2.05) is 0 Å². The molecule has 0 saturated carbocycles. The Hall–Kier alpha value is -1.50. The third-order valence-corrected chi connectivity index (χ3v) is 2.30. The van der Waals surface area contributed by atoms with E-state index in [4.69, 9.17) is 22.9 Å². The van der Waals surface area contributed by atoms with E-state index >= 15 is 0 Å². The van der Waals surface area contributed by atoms with Crippen molar-refractivity contribution >= 4 is 11.9 Å². The van der Waals surface area contributed by atoms with Crippen molar-refractivity contribution in [3.63, 3.8) is 0 Å². The molecule has 0 aromatic carbocycles. The molecular weight excluding hydrogens is 218 g/mol. The molecule has 0 radical (unpaired) electrons. The Kier molecular flexibility index (Phi) is 8.85. The highest BCUT2D eigenvalue weighted by Crippen LogP contribution is 1.95. The molecule has 100 valence electrons. The van der Waals surface area contributed by atoms with Gasteiger partial charge in [0.1, 0.15) is 0 Å². The average molecular weight is 243 g/mol. The van der Waals surface area contributed by atoms with Crippen molar-refractivity contribution < 1.29 is 0 Å². The van der Waals surface area contributed by atoms with E-state index in [1.54, 1.807) is 0 Å². The maximum absolute atomic E-state index is 5.24. The number of aliphatic imine (C=N–C) groups is 2. The summed E-state index contributed by atoms with van der Waals surface area (Å²) in [6, 6.07) is 0. The zero-order chi connectivity index (χ0) is 13.1. The minimum Gasteiger partial charge on any atom is -0.370 e. The van der Waals surface area contributed by atoms with Gasteiger partial charge in [-0.25, -0.2) is 0 Å². The normalized spacial score (nSPS) is 10.2. The van der Waals surface area contributed by atoms with E-state index in [0.717, 1.165) is 32.5 Å².